The normalized spacial score (nSPS) is 15.1. The van der Waals surface area contributed by atoms with Crippen molar-refractivity contribution in [2.45, 2.75) is 26.1 Å². The largest absolute Gasteiger partial charge is 0.384 e. The second-order valence-corrected chi connectivity index (χ2v) is 5.02. The third-order valence-electron chi connectivity index (χ3n) is 3.52. The Hall–Kier alpha value is -1.55. The zero-order valence-electron chi connectivity index (χ0n) is 10.7. The molecule has 1 N–H and O–H groups in total. The topological polar surface area (TPSA) is 29.9 Å². The summed E-state index contributed by atoms with van der Waals surface area (Å²) >= 11 is 6.08. The summed E-state index contributed by atoms with van der Waals surface area (Å²) in [4.78, 5) is 0. The van der Waals surface area contributed by atoms with Crippen LogP contribution in [-0.4, -0.2) is 16.3 Å². The molecule has 1 unspecified atom stereocenters. The SMILES string of the molecule is CCn1ncc(Cl)c1C(F)c1cccc2c1NCC2. The highest BCUT2D eigenvalue weighted by Gasteiger charge is 2.26. The Balaban J connectivity index is 2.07. The molecule has 0 saturated heterocycles. The van der Waals surface area contributed by atoms with Crippen LogP contribution in [0.5, 0.6) is 0 Å². The molecule has 0 fully saturated rings. The molecule has 3 rings (SSSR count). The van der Waals surface area contributed by atoms with Crippen molar-refractivity contribution >= 4 is 17.3 Å². The molecule has 1 atom stereocenters. The number of nitrogens with one attached hydrogen (secondary N) is 1. The van der Waals surface area contributed by atoms with E-state index in [0.29, 0.717) is 22.8 Å². The van der Waals surface area contributed by atoms with Gasteiger partial charge < -0.3 is 5.32 Å². The van der Waals surface area contributed by atoms with Gasteiger partial charge in [0.15, 0.2) is 6.17 Å². The van der Waals surface area contributed by atoms with Crippen molar-refractivity contribution in [2.75, 3.05) is 11.9 Å². The van der Waals surface area contributed by atoms with Crippen molar-refractivity contribution in [1.82, 2.24) is 9.78 Å². The minimum absolute atomic E-state index is 0.380. The van der Waals surface area contributed by atoms with E-state index in [4.69, 9.17) is 11.6 Å². The summed E-state index contributed by atoms with van der Waals surface area (Å²) in [7, 11) is 0. The minimum Gasteiger partial charge on any atom is -0.384 e. The number of fused-ring (bicyclic) bond motifs is 1. The van der Waals surface area contributed by atoms with Gasteiger partial charge in [0.1, 0.15) is 0 Å². The van der Waals surface area contributed by atoms with Gasteiger partial charge in [-0.3, -0.25) is 4.68 Å². The van der Waals surface area contributed by atoms with Crippen molar-refractivity contribution in [1.29, 1.82) is 0 Å². The van der Waals surface area contributed by atoms with Crippen molar-refractivity contribution < 1.29 is 4.39 Å². The molecular weight excluding hydrogens is 265 g/mol. The van der Waals surface area contributed by atoms with Crippen molar-refractivity contribution in [3.8, 4) is 0 Å². The molecule has 1 aromatic carbocycles. The Labute approximate surface area is 116 Å². The van der Waals surface area contributed by atoms with Crippen LogP contribution in [0.3, 0.4) is 0 Å². The van der Waals surface area contributed by atoms with Gasteiger partial charge in [0.25, 0.3) is 0 Å². The standard InChI is InChI=1S/C14H15ClFN3/c1-2-19-14(11(15)8-18-19)12(16)10-5-3-4-9-6-7-17-13(9)10/h3-5,8,12,17H,2,6-7H2,1H3. The van der Waals surface area contributed by atoms with E-state index in [1.807, 2.05) is 25.1 Å². The van der Waals surface area contributed by atoms with E-state index in [2.05, 4.69) is 10.4 Å². The van der Waals surface area contributed by atoms with Gasteiger partial charge in [0.2, 0.25) is 0 Å². The van der Waals surface area contributed by atoms with Gasteiger partial charge in [0, 0.05) is 24.3 Å². The third-order valence-corrected chi connectivity index (χ3v) is 3.82. The molecule has 0 amide bonds. The van der Waals surface area contributed by atoms with Gasteiger partial charge in [0.05, 0.1) is 16.9 Å². The highest BCUT2D eigenvalue weighted by Crippen LogP contribution is 2.38. The maximum Gasteiger partial charge on any atom is 0.170 e. The number of rotatable bonds is 3. The number of aromatic nitrogens is 2. The van der Waals surface area contributed by atoms with Crippen LogP contribution in [0.15, 0.2) is 24.4 Å². The monoisotopic (exact) mass is 279 g/mol. The van der Waals surface area contributed by atoms with Crippen molar-refractivity contribution in [2.24, 2.45) is 0 Å². The number of benzene rings is 1. The predicted molar refractivity (Wildman–Crippen MR) is 74.5 cm³/mol. The maximum absolute atomic E-state index is 14.9. The molecule has 0 bridgehead atoms. The van der Waals surface area contributed by atoms with E-state index < -0.39 is 6.17 Å². The summed E-state index contributed by atoms with van der Waals surface area (Å²) in [6.45, 7) is 3.39. The van der Waals surface area contributed by atoms with Gasteiger partial charge in [-0.1, -0.05) is 29.8 Å². The summed E-state index contributed by atoms with van der Waals surface area (Å²) in [6, 6.07) is 5.74. The minimum atomic E-state index is -1.25. The van der Waals surface area contributed by atoms with E-state index in [-0.39, 0.29) is 0 Å². The second kappa shape index (κ2) is 4.85. The zero-order valence-corrected chi connectivity index (χ0v) is 11.4. The molecule has 0 aliphatic carbocycles. The summed E-state index contributed by atoms with van der Waals surface area (Å²) in [6.07, 6.45) is 1.19. The first-order chi connectivity index (χ1) is 9.22. The van der Waals surface area contributed by atoms with E-state index in [9.17, 15) is 4.39 Å². The Morgan fingerprint density at radius 1 is 1.53 bits per heavy atom. The first kappa shape index (κ1) is 12.5. The molecule has 100 valence electrons. The highest BCUT2D eigenvalue weighted by atomic mass is 35.5. The summed E-state index contributed by atoms with van der Waals surface area (Å²) < 4.78 is 16.5. The van der Waals surface area contributed by atoms with E-state index in [0.717, 1.165) is 18.7 Å². The second-order valence-electron chi connectivity index (χ2n) is 4.61. The molecular formula is C14H15ClFN3. The predicted octanol–water partition coefficient (Wildman–Crippen LogP) is 3.58. The molecule has 0 radical (unpaired) electrons. The van der Waals surface area contributed by atoms with Crippen LogP contribution < -0.4 is 5.32 Å². The van der Waals surface area contributed by atoms with E-state index >= 15 is 0 Å². The molecule has 2 aromatic rings. The first-order valence-electron chi connectivity index (χ1n) is 6.43. The summed E-state index contributed by atoms with van der Waals surface area (Å²) in [5, 5.41) is 7.73. The molecule has 1 aliphatic heterocycles. The summed E-state index contributed by atoms with van der Waals surface area (Å²) in [5.41, 5.74) is 3.16. The van der Waals surface area contributed by atoms with Crippen molar-refractivity contribution in [3.05, 3.63) is 46.2 Å². The lowest BCUT2D eigenvalue weighted by Crippen LogP contribution is -2.08. The van der Waals surface area contributed by atoms with Gasteiger partial charge >= 0.3 is 0 Å². The van der Waals surface area contributed by atoms with Crippen LogP contribution in [0.4, 0.5) is 10.1 Å². The van der Waals surface area contributed by atoms with E-state index in [1.54, 1.807) is 4.68 Å². The van der Waals surface area contributed by atoms with Crippen LogP contribution >= 0.6 is 11.6 Å². The summed E-state index contributed by atoms with van der Waals surface area (Å²) in [5.74, 6) is 0. The number of nitrogens with zero attached hydrogens (tertiary/aromatic N) is 2. The van der Waals surface area contributed by atoms with Crippen LogP contribution in [0.1, 0.15) is 29.9 Å². The Bertz CT molecular complexity index is 609. The fourth-order valence-electron chi connectivity index (χ4n) is 2.60. The van der Waals surface area contributed by atoms with Gasteiger partial charge in [-0.15, -0.1) is 0 Å². The zero-order chi connectivity index (χ0) is 13.4. The fraction of sp³-hybridized carbons (Fsp3) is 0.357. The molecule has 0 saturated carbocycles. The lowest BCUT2D eigenvalue weighted by atomic mass is 10.0. The first-order valence-corrected chi connectivity index (χ1v) is 6.81. The number of anilines is 1. The molecule has 1 aromatic heterocycles. The molecule has 5 heteroatoms. The molecule has 19 heavy (non-hydrogen) atoms. The van der Waals surface area contributed by atoms with Gasteiger partial charge in [-0.2, -0.15) is 5.10 Å². The number of para-hydroxylation sites is 1. The lowest BCUT2D eigenvalue weighted by molar-refractivity contribution is 0.375. The number of hydrogen-bond acceptors (Lipinski definition) is 2. The molecule has 0 spiro atoms. The molecule has 3 nitrogen and oxygen atoms in total. The Kier molecular flexibility index (Phi) is 3.19. The maximum atomic E-state index is 14.9. The van der Waals surface area contributed by atoms with Gasteiger partial charge in [-0.25, -0.2) is 4.39 Å². The quantitative estimate of drug-likeness (QED) is 0.931. The lowest BCUT2D eigenvalue weighted by Gasteiger charge is -2.15. The number of aryl methyl sites for hydroxylation is 1. The van der Waals surface area contributed by atoms with Crippen LogP contribution in [0.25, 0.3) is 0 Å². The van der Waals surface area contributed by atoms with Crippen LogP contribution in [0.2, 0.25) is 5.02 Å². The Morgan fingerprint density at radius 2 is 2.37 bits per heavy atom. The average molecular weight is 280 g/mol. The molecule has 2 heterocycles. The third kappa shape index (κ3) is 2.00. The Morgan fingerprint density at radius 3 is 3.16 bits per heavy atom. The average Bonchev–Trinajstić information content (AvgIpc) is 3.03. The number of alkyl halides is 1. The number of halogens is 2. The molecule has 1 aliphatic rings. The number of hydrogen-bond donors (Lipinski definition) is 1. The van der Waals surface area contributed by atoms with E-state index in [1.165, 1.54) is 11.8 Å². The van der Waals surface area contributed by atoms with Crippen molar-refractivity contribution in [3.63, 3.8) is 0 Å². The van der Waals surface area contributed by atoms with Crippen LogP contribution in [0, 0.1) is 0 Å². The highest BCUT2D eigenvalue weighted by molar-refractivity contribution is 6.31. The van der Waals surface area contributed by atoms with Crippen LogP contribution in [-0.2, 0) is 13.0 Å². The smallest absolute Gasteiger partial charge is 0.170 e. The van der Waals surface area contributed by atoms with Gasteiger partial charge in [-0.05, 0) is 18.9 Å². The fourth-order valence-corrected chi connectivity index (χ4v) is 2.84.